The van der Waals surface area contributed by atoms with Gasteiger partial charge in [0.15, 0.2) is 0 Å². The Balaban J connectivity index is 1.54. The minimum absolute atomic E-state index is 0.134. The van der Waals surface area contributed by atoms with Crippen LogP contribution in [0.5, 0.6) is 0 Å². The van der Waals surface area contributed by atoms with E-state index >= 15 is 0 Å². The summed E-state index contributed by atoms with van der Waals surface area (Å²) in [4.78, 5) is 14.2. The average Bonchev–Trinajstić information content (AvgIpc) is 3.07. The van der Waals surface area contributed by atoms with E-state index in [1.54, 1.807) is 24.2 Å². The van der Waals surface area contributed by atoms with E-state index < -0.39 is 10.0 Å². The van der Waals surface area contributed by atoms with Gasteiger partial charge in [-0.2, -0.15) is 4.31 Å². The fourth-order valence-corrected chi connectivity index (χ4v) is 4.12. The molecule has 9 heteroatoms. The van der Waals surface area contributed by atoms with Crippen molar-refractivity contribution in [2.45, 2.75) is 20.3 Å². The molecule has 3 rings (SSSR count). The van der Waals surface area contributed by atoms with Crippen molar-refractivity contribution in [2.75, 3.05) is 42.1 Å². The van der Waals surface area contributed by atoms with E-state index in [9.17, 15) is 13.2 Å². The number of hydrogen-bond acceptors (Lipinski definition) is 6. The maximum Gasteiger partial charge on any atom is 0.230 e. The molecule has 146 valence electrons. The fourth-order valence-electron chi connectivity index (χ4n) is 3.03. The molecule has 1 fully saturated rings. The van der Waals surface area contributed by atoms with Gasteiger partial charge in [0.2, 0.25) is 15.9 Å². The molecule has 1 aliphatic rings. The normalized spacial score (nSPS) is 15.7. The number of carbonyl (C=O) groups is 1. The van der Waals surface area contributed by atoms with Crippen LogP contribution in [0.1, 0.15) is 18.4 Å². The lowest BCUT2D eigenvalue weighted by Crippen LogP contribution is -2.49. The molecule has 27 heavy (non-hydrogen) atoms. The Labute approximate surface area is 159 Å². The summed E-state index contributed by atoms with van der Waals surface area (Å²) in [7, 11) is -3.12. The SMILES string of the molecule is CCS(=O)(=O)N1CCN(c2ccc(NC(=O)Cc3cc(C)on3)cc2)CC1. The highest BCUT2D eigenvalue weighted by atomic mass is 32.2. The molecule has 0 aliphatic carbocycles. The molecule has 1 aromatic heterocycles. The number of nitrogens with one attached hydrogen (secondary N) is 1. The number of benzene rings is 1. The summed E-state index contributed by atoms with van der Waals surface area (Å²) in [6.45, 7) is 5.73. The molecular formula is C18H24N4O4S. The predicted molar refractivity (Wildman–Crippen MR) is 103 cm³/mol. The molecule has 0 bridgehead atoms. The molecule has 8 nitrogen and oxygen atoms in total. The summed E-state index contributed by atoms with van der Waals surface area (Å²) in [6, 6.07) is 9.29. The van der Waals surface area contributed by atoms with Gasteiger partial charge in [0.1, 0.15) is 5.76 Å². The molecule has 0 radical (unpaired) electrons. The predicted octanol–water partition coefficient (Wildman–Crippen LogP) is 1.64. The van der Waals surface area contributed by atoms with Gasteiger partial charge in [-0.1, -0.05) is 5.16 Å². The lowest BCUT2D eigenvalue weighted by Gasteiger charge is -2.35. The van der Waals surface area contributed by atoms with E-state index in [0.717, 1.165) is 5.69 Å². The molecule has 1 N–H and O–H groups in total. The first-order valence-electron chi connectivity index (χ1n) is 8.92. The van der Waals surface area contributed by atoms with Crippen molar-refractivity contribution in [2.24, 2.45) is 0 Å². The Morgan fingerprint density at radius 3 is 2.41 bits per heavy atom. The largest absolute Gasteiger partial charge is 0.369 e. The zero-order valence-electron chi connectivity index (χ0n) is 15.5. The third-order valence-electron chi connectivity index (χ3n) is 4.53. The average molecular weight is 392 g/mol. The summed E-state index contributed by atoms with van der Waals surface area (Å²) in [6.07, 6.45) is 0.160. The zero-order valence-corrected chi connectivity index (χ0v) is 16.3. The van der Waals surface area contributed by atoms with Crippen LogP contribution in [0.25, 0.3) is 0 Å². The third-order valence-corrected chi connectivity index (χ3v) is 6.41. The molecule has 0 atom stereocenters. The fraction of sp³-hybridized carbons (Fsp3) is 0.444. The van der Waals surface area contributed by atoms with Gasteiger partial charge in [-0.15, -0.1) is 0 Å². The van der Waals surface area contributed by atoms with E-state index in [2.05, 4.69) is 15.4 Å². The first-order chi connectivity index (χ1) is 12.9. The van der Waals surface area contributed by atoms with Crippen LogP contribution in [0.3, 0.4) is 0 Å². The van der Waals surface area contributed by atoms with E-state index in [0.29, 0.717) is 43.3 Å². The van der Waals surface area contributed by atoms with Crippen LogP contribution < -0.4 is 10.2 Å². The van der Waals surface area contributed by atoms with Crippen molar-refractivity contribution in [3.05, 3.63) is 41.8 Å². The number of aromatic nitrogens is 1. The minimum Gasteiger partial charge on any atom is -0.369 e. The van der Waals surface area contributed by atoms with E-state index in [4.69, 9.17) is 4.52 Å². The van der Waals surface area contributed by atoms with Gasteiger partial charge < -0.3 is 14.7 Å². The maximum atomic E-state index is 12.1. The Kier molecular flexibility index (Phi) is 5.81. The molecule has 1 saturated heterocycles. The second kappa shape index (κ2) is 8.10. The molecule has 0 spiro atoms. The maximum absolute atomic E-state index is 12.1. The number of anilines is 2. The molecule has 1 aromatic carbocycles. The molecule has 2 heterocycles. The van der Waals surface area contributed by atoms with Crippen LogP contribution >= 0.6 is 0 Å². The topological polar surface area (TPSA) is 95.8 Å². The van der Waals surface area contributed by atoms with Gasteiger partial charge in [0.05, 0.1) is 17.9 Å². The number of piperazine rings is 1. The van der Waals surface area contributed by atoms with Crippen molar-refractivity contribution in [1.29, 1.82) is 0 Å². The summed E-state index contributed by atoms with van der Waals surface area (Å²) in [5, 5.41) is 6.65. The molecule has 0 unspecified atom stereocenters. The number of hydrogen-bond donors (Lipinski definition) is 1. The highest BCUT2D eigenvalue weighted by molar-refractivity contribution is 7.89. The lowest BCUT2D eigenvalue weighted by molar-refractivity contribution is -0.115. The number of nitrogens with zero attached hydrogens (tertiary/aromatic N) is 3. The van der Waals surface area contributed by atoms with Crippen LogP contribution in [0.15, 0.2) is 34.9 Å². The van der Waals surface area contributed by atoms with Crippen LogP contribution in [0.4, 0.5) is 11.4 Å². The van der Waals surface area contributed by atoms with Crippen molar-refractivity contribution in [3.63, 3.8) is 0 Å². The Morgan fingerprint density at radius 2 is 1.85 bits per heavy atom. The molecular weight excluding hydrogens is 368 g/mol. The third kappa shape index (κ3) is 4.86. The van der Waals surface area contributed by atoms with E-state index in [-0.39, 0.29) is 18.1 Å². The smallest absolute Gasteiger partial charge is 0.230 e. The first kappa shape index (κ1) is 19.4. The number of aryl methyl sites for hydroxylation is 1. The van der Waals surface area contributed by atoms with Gasteiger partial charge >= 0.3 is 0 Å². The Hall–Kier alpha value is -2.39. The second-order valence-electron chi connectivity index (χ2n) is 6.49. The van der Waals surface area contributed by atoms with E-state index in [1.807, 2.05) is 24.3 Å². The van der Waals surface area contributed by atoms with Gasteiger partial charge in [-0.05, 0) is 38.1 Å². The van der Waals surface area contributed by atoms with Gasteiger partial charge in [0, 0.05) is 43.6 Å². The minimum atomic E-state index is -3.12. The molecule has 1 amide bonds. The molecule has 0 saturated carbocycles. The first-order valence-corrected chi connectivity index (χ1v) is 10.5. The van der Waals surface area contributed by atoms with Gasteiger partial charge in [-0.3, -0.25) is 4.79 Å². The van der Waals surface area contributed by atoms with Crippen LogP contribution in [-0.2, 0) is 21.2 Å². The number of carbonyl (C=O) groups excluding carboxylic acids is 1. The van der Waals surface area contributed by atoms with Crippen LogP contribution in [-0.4, -0.2) is 55.7 Å². The molecule has 1 aliphatic heterocycles. The lowest BCUT2D eigenvalue weighted by atomic mass is 10.2. The van der Waals surface area contributed by atoms with E-state index in [1.165, 1.54) is 0 Å². The second-order valence-corrected chi connectivity index (χ2v) is 8.74. The standard InChI is InChI=1S/C18H24N4O4S/c1-3-27(24,25)22-10-8-21(9-11-22)17-6-4-15(5-7-17)19-18(23)13-16-12-14(2)26-20-16/h4-7,12H,3,8-11,13H2,1-2H3,(H,19,23). The number of rotatable bonds is 6. The summed E-state index contributed by atoms with van der Waals surface area (Å²) in [5.74, 6) is 0.651. The zero-order chi connectivity index (χ0) is 19.4. The summed E-state index contributed by atoms with van der Waals surface area (Å²) < 4.78 is 30.4. The van der Waals surface area contributed by atoms with Crippen molar-refractivity contribution in [1.82, 2.24) is 9.46 Å². The summed E-state index contributed by atoms with van der Waals surface area (Å²) >= 11 is 0. The Bertz CT molecular complexity index is 884. The Morgan fingerprint density at radius 1 is 1.19 bits per heavy atom. The van der Waals surface area contributed by atoms with Crippen LogP contribution in [0.2, 0.25) is 0 Å². The van der Waals surface area contributed by atoms with Crippen LogP contribution in [0, 0.1) is 6.92 Å². The highest BCUT2D eigenvalue weighted by Crippen LogP contribution is 2.20. The van der Waals surface area contributed by atoms with Gasteiger partial charge in [-0.25, -0.2) is 8.42 Å². The number of sulfonamides is 1. The van der Waals surface area contributed by atoms with Crippen molar-refractivity contribution < 1.29 is 17.7 Å². The van der Waals surface area contributed by atoms with Crippen molar-refractivity contribution in [3.8, 4) is 0 Å². The quantitative estimate of drug-likeness (QED) is 0.803. The molecule has 2 aromatic rings. The summed E-state index contributed by atoms with van der Waals surface area (Å²) in [5.41, 5.74) is 2.31. The monoisotopic (exact) mass is 392 g/mol. The highest BCUT2D eigenvalue weighted by Gasteiger charge is 2.25. The van der Waals surface area contributed by atoms with Crippen molar-refractivity contribution >= 4 is 27.3 Å². The number of amides is 1. The van der Waals surface area contributed by atoms with Gasteiger partial charge in [0.25, 0.3) is 0 Å².